The van der Waals surface area contributed by atoms with E-state index in [1.165, 1.54) is 0 Å². The highest BCUT2D eigenvalue weighted by Gasteiger charge is 2.28. The summed E-state index contributed by atoms with van der Waals surface area (Å²) in [5.74, 6) is 0. The minimum atomic E-state index is -0.794. The van der Waals surface area contributed by atoms with Crippen LogP contribution in [-0.4, -0.2) is 36.9 Å². The molecule has 1 rings (SSSR count). The van der Waals surface area contributed by atoms with Crippen LogP contribution in [0.2, 0.25) is 0 Å². The third-order valence-electron chi connectivity index (χ3n) is 3.16. The number of carbonyl (C=O) groups is 1. The number of nitrogens with two attached hydrogens (primary N) is 2. The van der Waals surface area contributed by atoms with E-state index in [4.69, 9.17) is 25.7 Å². The molecule has 1 atom stereocenters. The lowest BCUT2D eigenvalue weighted by Crippen LogP contribution is -2.37. The maximum Gasteiger partial charge on any atom is 0.404 e. The van der Waals surface area contributed by atoms with Gasteiger partial charge in [-0.05, 0) is 11.6 Å². The molecule has 0 aromatic carbocycles. The summed E-state index contributed by atoms with van der Waals surface area (Å²) >= 11 is 0. The summed E-state index contributed by atoms with van der Waals surface area (Å²) in [4.78, 5) is 15.2. The molecule has 1 aromatic rings. The van der Waals surface area contributed by atoms with Crippen molar-refractivity contribution in [1.29, 1.82) is 0 Å². The standard InChI is InChI=1S/C16H27N3O4/c1-16(2,3)14(23-15(18)20)11-22-9-12-4-5-13(19-8-12)10-21-7-6-17/h4-5,8,14H,6-7,9-11,17H2,1-3H3,(H2,18,20). The van der Waals surface area contributed by atoms with Crippen molar-refractivity contribution in [2.75, 3.05) is 19.8 Å². The molecule has 4 N–H and O–H groups in total. The van der Waals surface area contributed by atoms with Crippen molar-refractivity contribution in [3.63, 3.8) is 0 Å². The predicted octanol–water partition coefficient (Wildman–Crippen LogP) is 1.58. The first-order valence-electron chi connectivity index (χ1n) is 7.58. The highest BCUT2D eigenvalue weighted by molar-refractivity contribution is 5.64. The fraction of sp³-hybridized carbons (Fsp3) is 0.625. The number of ether oxygens (including phenoxy) is 3. The molecule has 0 radical (unpaired) electrons. The fourth-order valence-electron chi connectivity index (χ4n) is 1.77. The maximum absolute atomic E-state index is 10.9. The smallest absolute Gasteiger partial charge is 0.404 e. The van der Waals surface area contributed by atoms with Crippen molar-refractivity contribution in [2.24, 2.45) is 16.9 Å². The number of amides is 1. The quantitative estimate of drug-likeness (QED) is 0.667. The molecule has 130 valence electrons. The molecule has 1 unspecified atom stereocenters. The summed E-state index contributed by atoms with van der Waals surface area (Å²) in [6.45, 7) is 7.98. The Hall–Kier alpha value is -1.70. The van der Waals surface area contributed by atoms with Crippen LogP contribution >= 0.6 is 0 Å². The van der Waals surface area contributed by atoms with E-state index in [2.05, 4.69) is 4.98 Å². The number of hydrogen-bond acceptors (Lipinski definition) is 6. The van der Waals surface area contributed by atoms with Crippen molar-refractivity contribution in [3.8, 4) is 0 Å². The van der Waals surface area contributed by atoms with Gasteiger partial charge in [-0.25, -0.2) is 4.79 Å². The second-order valence-electron chi connectivity index (χ2n) is 6.31. The number of aromatic nitrogens is 1. The minimum absolute atomic E-state index is 0.253. The lowest BCUT2D eigenvalue weighted by Gasteiger charge is -2.29. The number of pyridine rings is 1. The van der Waals surface area contributed by atoms with Gasteiger partial charge in [0.25, 0.3) is 0 Å². The summed E-state index contributed by atoms with van der Waals surface area (Å²) in [5, 5.41) is 0. The predicted molar refractivity (Wildman–Crippen MR) is 86.5 cm³/mol. The van der Waals surface area contributed by atoms with Gasteiger partial charge in [0.15, 0.2) is 0 Å². The van der Waals surface area contributed by atoms with Crippen LogP contribution in [-0.2, 0) is 27.4 Å². The summed E-state index contributed by atoms with van der Waals surface area (Å²) < 4.78 is 16.0. The van der Waals surface area contributed by atoms with Gasteiger partial charge in [0.1, 0.15) is 6.10 Å². The van der Waals surface area contributed by atoms with Gasteiger partial charge in [-0.2, -0.15) is 0 Å². The second kappa shape index (κ2) is 9.44. The molecule has 0 bridgehead atoms. The van der Waals surface area contributed by atoms with E-state index < -0.39 is 12.2 Å². The Morgan fingerprint density at radius 3 is 2.52 bits per heavy atom. The van der Waals surface area contributed by atoms with Crippen LogP contribution in [0.15, 0.2) is 18.3 Å². The van der Waals surface area contributed by atoms with Crippen LogP contribution in [0.3, 0.4) is 0 Å². The van der Waals surface area contributed by atoms with Crippen molar-refractivity contribution in [3.05, 3.63) is 29.6 Å². The fourth-order valence-corrected chi connectivity index (χ4v) is 1.77. The molecular weight excluding hydrogens is 298 g/mol. The van der Waals surface area contributed by atoms with E-state index in [0.29, 0.717) is 26.4 Å². The van der Waals surface area contributed by atoms with E-state index in [9.17, 15) is 4.79 Å². The molecule has 0 saturated carbocycles. The van der Waals surface area contributed by atoms with Crippen LogP contribution in [0, 0.1) is 5.41 Å². The van der Waals surface area contributed by atoms with Crippen molar-refractivity contribution in [1.82, 2.24) is 4.98 Å². The lowest BCUT2D eigenvalue weighted by molar-refractivity contribution is -0.0335. The molecule has 7 heteroatoms. The Labute approximate surface area is 137 Å². The highest BCUT2D eigenvalue weighted by atomic mass is 16.6. The summed E-state index contributed by atoms with van der Waals surface area (Å²) in [5.41, 5.74) is 12.0. The van der Waals surface area contributed by atoms with E-state index in [-0.39, 0.29) is 12.0 Å². The Kier molecular flexibility index (Phi) is 7.94. The van der Waals surface area contributed by atoms with E-state index in [0.717, 1.165) is 11.3 Å². The molecule has 7 nitrogen and oxygen atoms in total. The molecule has 0 aliphatic heterocycles. The first-order valence-corrected chi connectivity index (χ1v) is 7.58. The molecule has 1 aromatic heterocycles. The Morgan fingerprint density at radius 2 is 2.00 bits per heavy atom. The van der Waals surface area contributed by atoms with Gasteiger partial charge in [-0.3, -0.25) is 4.98 Å². The molecule has 23 heavy (non-hydrogen) atoms. The van der Waals surface area contributed by atoms with Crippen LogP contribution in [0.25, 0.3) is 0 Å². The van der Waals surface area contributed by atoms with Crippen LogP contribution < -0.4 is 11.5 Å². The van der Waals surface area contributed by atoms with Crippen LogP contribution in [0.5, 0.6) is 0 Å². The zero-order valence-corrected chi connectivity index (χ0v) is 14.1. The topological polar surface area (TPSA) is 110 Å². The van der Waals surface area contributed by atoms with Gasteiger partial charge in [-0.1, -0.05) is 26.8 Å². The Morgan fingerprint density at radius 1 is 1.26 bits per heavy atom. The van der Waals surface area contributed by atoms with Crippen LogP contribution in [0.1, 0.15) is 32.0 Å². The number of carbonyl (C=O) groups excluding carboxylic acids is 1. The van der Waals surface area contributed by atoms with Crippen LogP contribution in [0.4, 0.5) is 4.79 Å². The highest BCUT2D eigenvalue weighted by Crippen LogP contribution is 2.22. The second-order valence-corrected chi connectivity index (χ2v) is 6.31. The average molecular weight is 325 g/mol. The molecular formula is C16H27N3O4. The lowest BCUT2D eigenvalue weighted by atomic mass is 9.89. The molecule has 0 aliphatic rings. The average Bonchev–Trinajstić information content (AvgIpc) is 2.47. The first kappa shape index (κ1) is 19.3. The molecule has 0 fully saturated rings. The van der Waals surface area contributed by atoms with Gasteiger partial charge in [-0.15, -0.1) is 0 Å². The first-order chi connectivity index (χ1) is 10.8. The number of hydrogen-bond donors (Lipinski definition) is 2. The number of rotatable bonds is 9. The van der Waals surface area contributed by atoms with Crippen molar-refractivity contribution in [2.45, 2.75) is 40.1 Å². The number of primary amides is 1. The van der Waals surface area contributed by atoms with E-state index in [1.807, 2.05) is 32.9 Å². The van der Waals surface area contributed by atoms with Gasteiger partial charge in [0, 0.05) is 18.2 Å². The van der Waals surface area contributed by atoms with Crippen molar-refractivity contribution < 1.29 is 19.0 Å². The van der Waals surface area contributed by atoms with Gasteiger partial charge >= 0.3 is 6.09 Å². The monoisotopic (exact) mass is 325 g/mol. The van der Waals surface area contributed by atoms with Gasteiger partial charge in [0.2, 0.25) is 0 Å². The normalized spacial score (nSPS) is 12.9. The maximum atomic E-state index is 10.9. The number of nitrogens with zero attached hydrogens (tertiary/aromatic N) is 1. The molecule has 1 amide bonds. The van der Waals surface area contributed by atoms with E-state index in [1.54, 1.807) is 6.20 Å². The SMILES string of the molecule is CC(C)(C)C(COCc1ccc(COCCN)nc1)OC(N)=O. The molecule has 0 saturated heterocycles. The summed E-state index contributed by atoms with van der Waals surface area (Å²) in [6, 6.07) is 3.81. The Bertz CT molecular complexity index is 471. The molecule has 0 aliphatic carbocycles. The molecule has 1 heterocycles. The van der Waals surface area contributed by atoms with Gasteiger partial charge < -0.3 is 25.7 Å². The third-order valence-corrected chi connectivity index (χ3v) is 3.16. The van der Waals surface area contributed by atoms with Crippen molar-refractivity contribution >= 4 is 6.09 Å². The van der Waals surface area contributed by atoms with Gasteiger partial charge in [0.05, 0.1) is 32.1 Å². The zero-order valence-electron chi connectivity index (χ0n) is 14.1. The minimum Gasteiger partial charge on any atom is -0.443 e. The van der Waals surface area contributed by atoms with E-state index >= 15 is 0 Å². The molecule has 0 spiro atoms. The largest absolute Gasteiger partial charge is 0.443 e. The Balaban J connectivity index is 2.43. The zero-order chi connectivity index (χ0) is 17.3. The summed E-state index contributed by atoms with van der Waals surface area (Å²) in [7, 11) is 0. The third kappa shape index (κ3) is 7.92. The summed E-state index contributed by atoms with van der Waals surface area (Å²) in [6.07, 6.45) is 0.538.